The molecule has 0 aliphatic heterocycles. The first-order valence-electron chi connectivity index (χ1n) is 10.6. The molecule has 3 nitrogen and oxygen atoms in total. The van der Waals surface area contributed by atoms with Gasteiger partial charge in [0.15, 0.2) is 0 Å². The summed E-state index contributed by atoms with van der Waals surface area (Å²) >= 11 is 0. The molecule has 0 aromatic heterocycles. The Hall–Kier alpha value is -1.61. The highest BCUT2D eigenvalue weighted by Crippen LogP contribution is 2.38. The van der Waals surface area contributed by atoms with E-state index in [0.29, 0.717) is 18.3 Å². The number of aliphatic hydroxyl groups is 1. The van der Waals surface area contributed by atoms with Crippen molar-refractivity contribution in [3.05, 3.63) is 48.0 Å². The Kier molecular flexibility index (Phi) is 10.2. The third kappa shape index (κ3) is 8.30. The van der Waals surface area contributed by atoms with Crippen molar-refractivity contribution in [2.75, 3.05) is 7.11 Å². The number of rotatable bonds is 12. The van der Waals surface area contributed by atoms with Crippen molar-refractivity contribution >= 4 is 5.97 Å². The number of benzene rings is 1. The Morgan fingerprint density at radius 3 is 2.70 bits per heavy atom. The van der Waals surface area contributed by atoms with Crippen LogP contribution in [0, 0.1) is 11.8 Å². The number of aliphatic hydroxyl groups excluding tert-OH is 1. The van der Waals surface area contributed by atoms with Crippen LogP contribution in [0.3, 0.4) is 0 Å². The van der Waals surface area contributed by atoms with E-state index in [0.717, 1.165) is 44.9 Å². The summed E-state index contributed by atoms with van der Waals surface area (Å²) in [7, 11) is 1.44. The van der Waals surface area contributed by atoms with Gasteiger partial charge in [0, 0.05) is 6.42 Å². The van der Waals surface area contributed by atoms with E-state index in [1.807, 2.05) is 0 Å². The maximum absolute atomic E-state index is 11.1. The number of hydrogen-bond acceptors (Lipinski definition) is 3. The summed E-state index contributed by atoms with van der Waals surface area (Å²) in [5, 5.41) is 10.3. The van der Waals surface area contributed by atoms with E-state index in [4.69, 9.17) is 0 Å². The molecule has 0 spiro atoms. The fourth-order valence-electron chi connectivity index (χ4n) is 4.23. The van der Waals surface area contributed by atoms with E-state index in [2.05, 4.69) is 47.2 Å². The summed E-state index contributed by atoms with van der Waals surface area (Å²) in [6, 6.07) is 10.7. The average Bonchev–Trinajstić information content (AvgIpc) is 3.04. The lowest BCUT2D eigenvalue weighted by Gasteiger charge is -2.21. The van der Waals surface area contributed by atoms with E-state index in [-0.39, 0.29) is 12.1 Å². The second kappa shape index (κ2) is 12.7. The summed E-state index contributed by atoms with van der Waals surface area (Å²) in [6.45, 7) is 0. The number of esters is 1. The van der Waals surface area contributed by atoms with Crippen LogP contribution in [0.4, 0.5) is 0 Å². The van der Waals surface area contributed by atoms with Gasteiger partial charge in [0.1, 0.15) is 0 Å². The van der Waals surface area contributed by atoms with Crippen molar-refractivity contribution in [1.29, 1.82) is 0 Å². The van der Waals surface area contributed by atoms with Gasteiger partial charge in [-0.25, -0.2) is 0 Å². The van der Waals surface area contributed by atoms with E-state index >= 15 is 0 Å². The molecule has 1 aliphatic carbocycles. The fourth-order valence-corrected chi connectivity index (χ4v) is 4.23. The monoisotopic (exact) mass is 372 g/mol. The van der Waals surface area contributed by atoms with E-state index in [1.165, 1.54) is 31.9 Å². The first-order chi connectivity index (χ1) is 13.2. The van der Waals surface area contributed by atoms with Gasteiger partial charge in [-0.05, 0) is 68.8 Å². The van der Waals surface area contributed by atoms with Crippen LogP contribution in [0.15, 0.2) is 42.5 Å². The number of ether oxygens (including phenoxy) is 1. The third-order valence-electron chi connectivity index (χ3n) is 5.86. The normalized spacial score (nSPS) is 22.4. The van der Waals surface area contributed by atoms with Crippen molar-refractivity contribution in [2.45, 2.75) is 76.7 Å². The van der Waals surface area contributed by atoms with E-state index in [1.54, 1.807) is 0 Å². The molecule has 150 valence electrons. The third-order valence-corrected chi connectivity index (χ3v) is 5.86. The van der Waals surface area contributed by atoms with Crippen LogP contribution < -0.4 is 0 Å². The highest BCUT2D eigenvalue weighted by Gasteiger charge is 2.33. The molecule has 1 aliphatic rings. The van der Waals surface area contributed by atoms with E-state index < -0.39 is 0 Å². The molecular formula is C24H36O3. The summed E-state index contributed by atoms with van der Waals surface area (Å²) in [4.78, 5) is 11.1. The SMILES string of the molecule is COC(=O)CCC/C=C\C[C@H]1CC[C@@H](O)[C@@H]1CCCCCc1ccccc1. The van der Waals surface area contributed by atoms with Gasteiger partial charge in [-0.1, -0.05) is 55.3 Å². The average molecular weight is 373 g/mol. The zero-order valence-electron chi connectivity index (χ0n) is 16.8. The minimum Gasteiger partial charge on any atom is -0.469 e. The van der Waals surface area contributed by atoms with E-state index in [9.17, 15) is 9.90 Å². The van der Waals surface area contributed by atoms with Crippen LogP contribution in [-0.4, -0.2) is 24.3 Å². The maximum Gasteiger partial charge on any atom is 0.305 e. The summed E-state index contributed by atoms with van der Waals surface area (Å²) in [5.41, 5.74) is 1.42. The van der Waals surface area contributed by atoms with Gasteiger partial charge in [-0.3, -0.25) is 4.79 Å². The number of hydrogen-bond donors (Lipinski definition) is 1. The molecule has 1 saturated carbocycles. The van der Waals surface area contributed by atoms with Crippen LogP contribution in [-0.2, 0) is 16.0 Å². The molecule has 1 N–H and O–H groups in total. The van der Waals surface area contributed by atoms with Gasteiger partial charge in [0.25, 0.3) is 0 Å². The largest absolute Gasteiger partial charge is 0.469 e. The Morgan fingerprint density at radius 2 is 1.93 bits per heavy atom. The zero-order chi connectivity index (χ0) is 19.3. The first kappa shape index (κ1) is 21.7. The molecule has 1 aromatic carbocycles. The highest BCUT2D eigenvalue weighted by atomic mass is 16.5. The second-order valence-corrected chi connectivity index (χ2v) is 7.83. The number of carbonyl (C=O) groups is 1. The lowest BCUT2D eigenvalue weighted by molar-refractivity contribution is -0.140. The number of methoxy groups -OCH3 is 1. The second-order valence-electron chi connectivity index (χ2n) is 7.83. The van der Waals surface area contributed by atoms with Gasteiger partial charge >= 0.3 is 5.97 Å². The number of carbonyl (C=O) groups excluding carboxylic acids is 1. The van der Waals surface area contributed by atoms with Gasteiger partial charge in [0.2, 0.25) is 0 Å². The van der Waals surface area contributed by atoms with Gasteiger partial charge in [0.05, 0.1) is 13.2 Å². The molecule has 0 heterocycles. The van der Waals surface area contributed by atoms with Gasteiger partial charge in [-0.15, -0.1) is 0 Å². The van der Waals surface area contributed by atoms with Crippen molar-refractivity contribution in [2.24, 2.45) is 11.8 Å². The predicted octanol–water partition coefficient (Wildman–Crippen LogP) is 5.47. The topological polar surface area (TPSA) is 46.5 Å². The molecule has 3 atom stereocenters. The molecule has 0 radical (unpaired) electrons. The van der Waals surface area contributed by atoms with Crippen molar-refractivity contribution < 1.29 is 14.6 Å². The Bertz CT molecular complexity index is 552. The minimum absolute atomic E-state index is 0.114. The molecular weight excluding hydrogens is 336 g/mol. The Labute approximate surface area is 164 Å². The quantitative estimate of drug-likeness (QED) is 0.301. The molecule has 0 saturated heterocycles. The first-order valence-corrected chi connectivity index (χ1v) is 10.6. The van der Waals surface area contributed by atoms with Crippen molar-refractivity contribution in [1.82, 2.24) is 0 Å². The smallest absolute Gasteiger partial charge is 0.305 e. The fraction of sp³-hybridized carbons (Fsp3) is 0.625. The molecule has 0 unspecified atom stereocenters. The van der Waals surface area contributed by atoms with Crippen LogP contribution in [0.2, 0.25) is 0 Å². The summed E-state index contributed by atoms with van der Waals surface area (Å²) in [6.07, 6.45) is 15.7. The summed E-state index contributed by atoms with van der Waals surface area (Å²) < 4.78 is 4.65. The standard InChI is InChI=1S/C24H36O3/c1-27-24(26)17-11-3-2-9-15-21-18-19-23(25)22(21)16-10-5-8-14-20-12-6-4-7-13-20/h2,4,6-7,9,12-13,21-23,25H,3,5,8,10-11,14-19H2,1H3/b9-2-/t21-,22+,23+/m0/s1. The molecule has 3 heteroatoms. The van der Waals surface area contributed by atoms with Gasteiger partial charge < -0.3 is 9.84 Å². The molecule has 1 aromatic rings. The summed E-state index contributed by atoms with van der Waals surface area (Å²) in [5.74, 6) is 0.946. The Morgan fingerprint density at radius 1 is 1.11 bits per heavy atom. The molecule has 27 heavy (non-hydrogen) atoms. The molecule has 0 bridgehead atoms. The Balaban J connectivity index is 1.60. The molecule has 0 amide bonds. The molecule has 2 rings (SSSR count). The number of unbranched alkanes of at least 4 members (excludes halogenated alkanes) is 3. The highest BCUT2D eigenvalue weighted by molar-refractivity contribution is 5.69. The van der Waals surface area contributed by atoms with Crippen LogP contribution in [0.1, 0.15) is 69.8 Å². The predicted molar refractivity (Wildman–Crippen MR) is 110 cm³/mol. The minimum atomic E-state index is -0.130. The van der Waals surface area contributed by atoms with Crippen LogP contribution in [0.5, 0.6) is 0 Å². The van der Waals surface area contributed by atoms with Gasteiger partial charge in [-0.2, -0.15) is 0 Å². The lowest BCUT2D eigenvalue weighted by atomic mass is 9.87. The van der Waals surface area contributed by atoms with Crippen molar-refractivity contribution in [3.8, 4) is 0 Å². The zero-order valence-corrected chi connectivity index (χ0v) is 16.8. The van der Waals surface area contributed by atoms with Crippen molar-refractivity contribution in [3.63, 3.8) is 0 Å². The maximum atomic E-state index is 11.1. The lowest BCUT2D eigenvalue weighted by Crippen LogP contribution is -2.18. The van der Waals surface area contributed by atoms with Crippen LogP contribution >= 0.6 is 0 Å². The molecule has 1 fully saturated rings. The number of aryl methyl sites for hydroxylation is 1. The van der Waals surface area contributed by atoms with Crippen LogP contribution in [0.25, 0.3) is 0 Å². The number of allylic oxidation sites excluding steroid dienone is 2.